The molecule has 124 valence electrons. The molecule has 0 spiro atoms. The summed E-state index contributed by atoms with van der Waals surface area (Å²) in [6.45, 7) is 1.43. The van der Waals surface area contributed by atoms with E-state index in [0.717, 1.165) is 22.9 Å². The number of nitrogens with one attached hydrogen (secondary N) is 3. The molecule has 3 N–H and O–H groups in total. The van der Waals surface area contributed by atoms with Crippen LogP contribution in [0.4, 0.5) is 0 Å². The van der Waals surface area contributed by atoms with Crippen LogP contribution in [0.2, 0.25) is 5.02 Å². The van der Waals surface area contributed by atoms with Crippen molar-refractivity contribution < 1.29 is 19.1 Å². The van der Waals surface area contributed by atoms with Gasteiger partial charge in [0.25, 0.3) is 5.91 Å². The van der Waals surface area contributed by atoms with Crippen LogP contribution in [0.1, 0.15) is 18.4 Å². The quantitative estimate of drug-likeness (QED) is 0.519. The summed E-state index contributed by atoms with van der Waals surface area (Å²) in [7, 11) is 0. The standard InChI is InChI=1S/C14H15BrClN3O4/c1-7-4-8(15)5-10(16)12(7)23-6-11(20)18-19-14(22)13(21)17-9-2-3-9/h4-5,9H,2-3,6H2,1H3,(H,17,21)(H,18,20)(H,19,22). The van der Waals surface area contributed by atoms with Crippen molar-refractivity contribution in [3.63, 3.8) is 0 Å². The third kappa shape index (κ3) is 5.40. The summed E-state index contributed by atoms with van der Waals surface area (Å²) in [5.41, 5.74) is 4.87. The van der Waals surface area contributed by atoms with Gasteiger partial charge in [-0.05, 0) is 37.5 Å². The van der Waals surface area contributed by atoms with Gasteiger partial charge in [-0.1, -0.05) is 27.5 Å². The Morgan fingerprint density at radius 3 is 2.57 bits per heavy atom. The Labute approximate surface area is 146 Å². The highest BCUT2D eigenvalue weighted by molar-refractivity contribution is 9.10. The molecular weight excluding hydrogens is 390 g/mol. The smallest absolute Gasteiger partial charge is 0.327 e. The van der Waals surface area contributed by atoms with Crippen molar-refractivity contribution in [2.24, 2.45) is 0 Å². The molecule has 0 radical (unpaired) electrons. The number of aryl methyl sites for hydroxylation is 1. The molecule has 23 heavy (non-hydrogen) atoms. The Balaban J connectivity index is 1.76. The van der Waals surface area contributed by atoms with E-state index in [1.165, 1.54) is 0 Å². The van der Waals surface area contributed by atoms with Gasteiger partial charge >= 0.3 is 11.8 Å². The second kappa shape index (κ2) is 7.65. The van der Waals surface area contributed by atoms with Crippen LogP contribution in [0.25, 0.3) is 0 Å². The fourth-order valence-electron chi connectivity index (χ4n) is 1.71. The SMILES string of the molecule is Cc1cc(Br)cc(Cl)c1OCC(=O)NNC(=O)C(=O)NC1CC1. The fourth-order valence-corrected chi connectivity index (χ4v) is 2.73. The van der Waals surface area contributed by atoms with Crippen molar-refractivity contribution in [1.82, 2.24) is 16.2 Å². The van der Waals surface area contributed by atoms with Gasteiger partial charge in [0, 0.05) is 10.5 Å². The van der Waals surface area contributed by atoms with Gasteiger partial charge in [0.1, 0.15) is 5.75 Å². The topological polar surface area (TPSA) is 96.5 Å². The molecule has 0 aromatic heterocycles. The highest BCUT2D eigenvalue weighted by Crippen LogP contribution is 2.31. The normalized spacial score (nSPS) is 13.2. The van der Waals surface area contributed by atoms with Crippen molar-refractivity contribution in [1.29, 1.82) is 0 Å². The molecule has 0 saturated heterocycles. The second-order valence-electron chi connectivity index (χ2n) is 5.07. The average molecular weight is 405 g/mol. The lowest BCUT2D eigenvalue weighted by atomic mass is 10.2. The lowest BCUT2D eigenvalue weighted by Crippen LogP contribution is -2.50. The van der Waals surface area contributed by atoms with Crippen LogP contribution in [0.15, 0.2) is 16.6 Å². The summed E-state index contributed by atoms with van der Waals surface area (Å²) in [4.78, 5) is 34.4. The number of carbonyl (C=O) groups excluding carboxylic acids is 3. The van der Waals surface area contributed by atoms with Gasteiger partial charge in [0.15, 0.2) is 6.61 Å². The minimum Gasteiger partial charge on any atom is -0.482 e. The molecular formula is C14H15BrClN3O4. The molecule has 0 unspecified atom stereocenters. The molecule has 1 aliphatic carbocycles. The number of rotatable bonds is 4. The van der Waals surface area contributed by atoms with Crippen LogP contribution in [0, 0.1) is 6.92 Å². The number of hydrogen-bond acceptors (Lipinski definition) is 4. The lowest BCUT2D eigenvalue weighted by Gasteiger charge is -2.12. The van der Waals surface area contributed by atoms with Gasteiger partial charge in [0.2, 0.25) is 0 Å². The summed E-state index contributed by atoms with van der Waals surface area (Å²) in [6.07, 6.45) is 1.74. The predicted molar refractivity (Wildman–Crippen MR) is 86.8 cm³/mol. The van der Waals surface area contributed by atoms with Crippen molar-refractivity contribution in [3.8, 4) is 5.75 Å². The number of hydrazine groups is 1. The number of carbonyl (C=O) groups is 3. The molecule has 9 heteroatoms. The first-order valence-corrected chi connectivity index (χ1v) is 8.02. The monoisotopic (exact) mass is 403 g/mol. The number of halogens is 2. The molecule has 7 nitrogen and oxygen atoms in total. The highest BCUT2D eigenvalue weighted by atomic mass is 79.9. The molecule has 1 aromatic carbocycles. The molecule has 0 bridgehead atoms. The highest BCUT2D eigenvalue weighted by Gasteiger charge is 2.26. The van der Waals surface area contributed by atoms with E-state index in [-0.39, 0.29) is 12.6 Å². The van der Waals surface area contributed by atoms with Gasteiger partial charge in [0.05, 0.1) is 5.02 Å². The van der Waals surface area contributed by atoms with E-state index in [0.29, 0.717) is 10.8 Å². The summed E-state index contributed by atoms with van der Waals surface area (Å²) < 4.78 is 6.13. The predicted octanol–water partition coefficient (Wildman–Crippen LogP) is 1.22. The molecule has 1 fully saturated rings. The minimum atomic E-state index is -0.928. The zero-order valence-corrected chi connectivity index (χ0v) is 14.6. The van der Waals surface area contributed by atoms with Gasteiger partial charge < -0.3 is 10.1 Å². The first-order chi connectivity index (χ1) is 10.9. The lowest BCUT2D eigenvalue weighted by molar-refractivity contribution is -0.141. The second-order valence-corrected chi connectivity index (χ2v) is 6.40. The van der Waals surface area contributed by atoms with E-state index in [4.69, 9.17) is 16.3 Å². The largest absolute Gasteiger partial charge is 0.482 e. The van der Waals surface area contributed by atoms with E-state index >= 15 is 0 Å². The molecule has 0 aliphatic heterocycles. The maximum Gasteiger partial charge on any atom is 0.327 e. The zero-order chi connectivity index (χ0) is 17.0. The summed E-state index contributed by atoms with van der Waals surface area (Å²) in [5, 5.41) is 2.86. The van der Waals surface area contributed by atoms with Crippen LogP contribution < -0.4 is 20.9 Å². The Bertz CT molecular complexity index is 626. The number of amides is 3. The van der Waals surface area contributed by atoms with E-state index in [1.807, 2.05) is 5.43 Å². The Morgan fingerprint density at radius 1 is 1.26 bits per heavy atom. The van der Waals surface area contributed by atoms with Crippen LogP contribution >= 0.6 is 27.5 Å². The van der Waals surface area contributed by atoms with Gasteiger partial charge in [-0.15, -0.1) is 0 Å². The van der Waals surface area contributed by atoms with Crippen LogP contribution in [0.3, 0.4) is 0 Å². The average Bonchev–Trinajstić information content (AvgIpc) is 3.27. The molecule has 0 heterocycles. The van der Waals surface area contributed by atoms with Crippen LogP contribution in [-0.2, 0) is 14.4 Å². The van der Waals surface area contributed by atoms with Crippen LogP contribution in [0.5, 0.6) is 5.75 Å². The third-order valence-electron chi connectivity index (χ3n) is 2.98. The molecule has 1 aromatic rings. The molecule has 0 atom stereocenters. The number of ether oxygens (including phenoxy) is 1. The van der Waals surface area contributed by atoms with Gasteiger partial charge in [-0.25, -0.2) is 0 Å². The molecule has 2 rings (SSSR count). The van der Waals surface area contributed by atoms with Crippen molar-refractivity contribution in [2.75, 3.05) is 6.61 Å². The first kappa shape index (κ1) is 17.6. The minimum absolute atomic E-state index is 0.0646. The maximum atomic E-state index is 11.6. The fraction of sp³-hybridized carbons (Fsp3) is 0.357. The molecule has 1 saturated carbocycles. The summed E-state index contributed by atoms with van der Waals surface area (Å²) in [5.74, 6) is -1.94. The third-order valence-corrected chi connectivity index (χ3v) is 3.71. The Hall–Kier alpha value is -1.80. The number of hydrogen-bond donors (Lipinski definition) is 3. The van der Waals surface area contributed by atoms with Crippen molar-refractivity contribution in [3.05, 3.63) is 27.2 Å². The van der Waals surface area contributed by atoms with E-state index in [9.17, 15) is 14.4 Å². The zero-order valence-electron chi connectivity index (χ0n) is 12.2. The Kier molecular flexibility index (Phi) is 5.84. The van der Waals surface area contributed by atoms with Gasteiger partial charge in [-0.2, -0.15) is 0 Å². The van der Waals surface area contributed by atoms with E-state index in [1.54, 1.807) is 19.1 Å². The first-order valence-electron chi connectivity index (χ1n) is 6.85. The van der Waals surface area contributed by atoms with Crippen molar-refractivity contribution in [2.45, 2.75) is 25.8 Å². The number of benzene rings is 1. The summed E-state index contributed by atoms with van der Waals surface area (Å²) >= 11 is 9.33. The van der Waals surface area contributed by atoms with Crippen LogP contribution in [-0.4, -0.2) is 30.4 Å². The van der Waals surface area contributed by atoms with E-state index < -0.39 is 17.7 Å². The van der Waals surface area contributed by atoms with Crippen molar-refractivity contribution >= 4 is 45.3 Å². The van der Waals surface area contributed by atoms with Gasteiger partial charge in [-0.3, -0.25) is 25.2 Å². The Morgan fingerprint density at radius 2 is 1.96 bits per heavy atom. The maximum absolute atomic E-state index is 11.6. The summed E-state index contributed by atoms with van der Waals surface area (Å²) in [6, 6.07) is 3.50. The van der Waals surface area contributed by atoms with E-state index in [2.05, 4.69) is 26.7 Å². The molecule has 1 aliphatic rings. The molecule has 3 amide bonds.